The molecule has 0 aromatic heterocycles. The molecule has 6 heteroatoms. The van der Waals surface area contributed by atoms with E-state index in [0.717, 1.165) is 38.2 Å². The van der Waals surface area contributed by atoms with Crippen LogP contribution in [-0.2, 0) is 17.6 Å². The first-order valence-electron chi connectivity index (χ1n) is 9.33. The molecule has 0 radical (unpaired) electrons. The number of carbonyl (C=O) groups is 1. The molecule has 0 atom stereocenters. The van der Waals surface area contributed by atoms with Gasteiger partial charge in [0.1, 0.15) is 11.6 Å². The molecule has 1 aromatic rings. The Labute approximate surface area is 156 Å². The molecule has 2 rings (SSSR count). The third-order valence-electron chi connectivity index (χ3n) is 4.82. The quantitative estimate of drug-likeness (QED) is 0.575. The van der Waals surface area contributed by atoms with Crippen molar-refractivity contribution in [1.82, 2.24) is 9.80 Å². The molecule has 1 amide bonds. The van der Waals surface area contributed by atoms with Crippen LogP contribution >= 0.6 is 0 Å². The normalized spacial score (nSPS) is 15.6. The van der Waals surface area contributed by atoms with Crippen LogP contribution in [0.2, 0.25) is 0 Å². The minimum Gasteiger partial charge on any atom is -0.360 e. The Kier molecular flexibility index (Phi) is 7.64. The summed E-state index contributed by atoms with van der Waals surface area (Å²) in [6.45, 7) is 8.52. The topological polar surface area (TPSA) is 85.4 Å². The lowest BCUT2D eigenvalue weighted by Crippen LogP contribution is -2.50. The number of carbonyl (C=O) groups excluding carboxylic acids is 1. The molecule has 1 heterocycles. The lowest BCUT2D eigenvalue weighted by molar-refractivity contribution is -0.128. The summed E-state index contributed by atoms with van der Waals surface area (Å²) in [6, 6.07) is 8.24. The third kappa shape index (κ3) is 4.84. The highest BCUT2D eigenvalue weighted by molar-refractivity contribution is 5.97. The average Bonchev–Trinajstić information content (AvgIpc) is 2.68. The highest BCUT2D eigenvalue weighted by Gasteiger charge is 2.23. The third-order valence-corrected chi connectivity index (χ3v) is 4.82. The molecule has 3 N–H and O–H groups in total. The maximum Gasteiger partial charge on any atom is 0.266 e. The maximum absolute atomic E-state index is 12.7. The van der Waals surface area contributed by atoms with Crippen LogP contribution in [0.15, 0.2) is 30.0 Å². The van der Waals surface area contributed by atoms with Gasteiger partial charge in [-0.15, -0.1) is 0 Å². The SMILES string of the molecule is CCc1cccc(CC)c1N/C=C(/C#N)C(=O)N1CCN(CCN)CC1. The van der Waals surface area contributed by atoms with Crippen molar-refractivity contribution >= 4 is 11.6 Å². The Bertz CT molecular complexity index is 662. The van der Waals surface area contributed by atoms with E-state index in [-0.39, 0.29) is 11.5 Å². The molecule has 1 fully saturated rings. The molecule has 1 aliphatic heterocycles. The number of para-hydroxylation sites is 1. The molecule has 0 aliphatic carbocycles. The summed E-state index contributed by atoms with van der Waals surface area (Å²) in [5, 5.41) is 12.7. The zero-order chi connectivity index (χ0) is 18.9. The molecule has 0 unspecified atom stereocenters. The maximum atomic E-state index is 12.7. The Morgan fingerprint density at radius 1 is 1.23 bits per heavy atom. The predicted octanol–water partition coefficient (Wildman–Crippen LogP) is 1.73. The van der Waals surface area contributed by atoms with E-state index >= 15 is 0 Å². The van der Waals surface area contributed by atoms with E-state index in [9.17, 15) is 10.1 Å². The number of nitriles is 1. The van der Waals surface area contributed by atoms with Crippen molar-refractivity contribution in [1.29, 1.82) is 5.26 Å². The van der Waals surface area contributed by atoms with Crippen molar-refractivity contribution in [3.63, 3.8) is 0 Å². The number of benzene rings is 1. The molecule has 1 aromatic carbocycles. The second-order valence-corrected chi connectivity index (χ2v) is 6.40. The van der Waals surface area contributed by atoms with Crippen LogP contribution in [-0.4, -0.2) is 55.0 Å². The zero-order valence-corrected chi connectivity index (χ0v) is 15.8. The summed E-state index contributed by atoms with van der Waals surface area (Å²) < 4.78 is 0. The van der Waals surface area contributed by atoms with Crippen molar-refractivity contribution in [2.24, 2.45) is 5.73 Å². The number of aryl methyl sites for hydroxylation is 2. The molecule has 26 heavy (non-hydrogen) atoms. The van der Waals surface area contributed by atoms with E-state index in [0.29, 0.717) is 19.6 Å². The van der Waals surface area contributed by atoms with Crippen molar-refractivity contribution in [3.8, 4) is 6.07 Å². The smallest absolute Gasteiger partial charge is 0.266 e. The zero-order valence-electron chi connectivity index (χ0n) is 15.8. The van der Waals surface area contributed by atoms with E-state index in [1.807, 2.05) is 6.07 Å². The van der Waals surface area contributed by atoms with Crippen molar-refractivity contribution in [2.75, 3.05) is 44.6 Å². The van der Waals surface area contributed by atoms with E-state index < -0.39 is 0 Å². The average molecular weight is 355 g/mol. The second kappa shape index (κ2) is 9.95. The van der Waals surface area contributed by atoms with E-state index in [4.69, 9.17) is 5.73 Å². The summed E-state index contributed by atoms with van der Waals surface area (Å²) in [7, 11) is 0. The van der Waals surface area contributed by atoms with Gasteiger partial charge in [-0.3, -0.25) is 9.69 Å². The number of anilines is 1. The number of nitrogens with one attached hydrogen (secondary N) is 1. The molecular weight excluding hydrogens is 326 g/mol. The predicted molar refractivity (Wildman–Crippen MR) is 105 cm³/mol. The lowest BCUT2D eigenvalue weighted by atomic mass is 10.0. The van der Waals surface area contributed by atoms with E-state index in [1.54, 1.807) is 11.1 Å². The van der Waals surface area contributed by atoms with Crippen molar-refractivity contribution < 1.29 is 4.79 Å². The first-order chi connectivity index (χ1) is 12.6. The molecule has 140 valence electrons. The van der Waals surface area contributed by atoms with Crippen LogP contribution in [0.1, 0.15) is 25.0 Å². The number of piperazine rings is 1. The number of nitrogens with zero attached hydrogens (tertiary/aromatic N) is 3. The van der Waals surface area contributed by atoms with E-state index in [2.05, 4.69) is 42.3 Å². The van der Waals surface area contributed by atoms with Gasteiger partial charge in [0.15, 0.2) is 0 Å². The Morgan fingerprint density at radius 2 is 1.85 bits per heavy atom. The molecule has 6 nitrogen and oxygen atoms in total. The minimum atomic E-state index is -0.209. The molecular formula is C20H29N5O. The Balaban J connectivity index is 2.09. The summed E-state index contributed by atoms with van der Waals surface area (Å²) in [4.78, 5) is 16.7. The minimum absolute atomic E-state index is 0.144. The highest BCUT2D eigenvalue weighted by Crippen LogP contribution is 2.23. The van der Waals surface area contributed by atoms with Crippen LogP contribution in [0.4, 0.5) is 5.69 Å². The summed E-state index contributed by atoms with van der Waals surface area (Å²) in [5.74, 6) is -0.209. The fraction of sp³-hybridized carbons (Fsp3) is 0.500. The molecule has 0 spiro atoms. The number of nitrogens with two attached hydrogens (primary N) is 1. The molecule has 0 saturated carbocycles. The lowest BCUT2D eigenvalue weighted by Gasteiger charge is -2.34. The van der Waals surface area contributed by atoms with Gasteiger partial charge in [-0.05, 0) is 24.0 Å². The molecule has 1 saturated heterocycles. The van der Waals surface area contributed by atoms with Gasteiger partial charge in [-0.25, -0.2) is 0 Å². The van der Waals surface area contributed by atoms with E-state index in [1.165, 1.54) is 11.1 Å². The van der Waals surface area contributed by atoms with Crippen LogP contribution in [0.3, 0.4) is 0 Å². The van der Waals surface area contributed by atoms with Gasteiger partial charge in [0.05, 0.1) is 0 Å². The fourth-order valence-electron chi connectivity index (χ4n) is 3.24. The van der Waals surface area contributed by atoms with Crippen molar-refractivity contribution in [3.05, 3.63) is 41.1 Å². The van der Waals surface area contributed by atoms with Crippen LogP contribution in [0.5, 0.6) is 0 Å². The Hall–Kier alpha value is -2.36. The fourth-order valence-corrected chi connectivity index (χ4v) is 3.24. The van der Waals surface area contributed by atoms with Gasteiger partial charge in [-0.2, -0.15) is 5.26 Å². The van der Waals surface area contributed by atoms with Gasteiger partial charge in [0, 0.05) is 51.2 Å². The second-order valence-electron chi connectivity index (χ2n) is 6.40. The first kappa shape index (κ1) is 20.0. The van der Waals surface area contributed by atoms with Gasteiger partial charge < -0.3 is 16.0 Å². The van der Waals surface area contributed by atoms with Crippen LogP contribution < -0.4 is 11.1 Å². The van der Waals surface area contributed by atoms with Crippen LogP contribution in [0, 0.1) is 11.3 Å². The summed E-state index contributed by atoms with van der Waals surface area (Å²) >= 11 is 0. The summed E-state index contributed by atoms with van der Waals surface area (Å²) in [5.41, 5.74) is 9.09. The number of hydrogen-bond acceptors (Lipinski definition) is 5. The van der Waals surface area contributed by atoms with Gasteiger partial charge >= 0.3 is 0 Å². The van der Waals surface area contributed by atoms with Gasteiger partial charge in [0.25, 0.3) is 5.91 Å². The monoisotopic (exact) mass is 355 g/mol. The Morgan fingerprint density at radius 3 is 2.35 bits per heavy atom. The number of hydrogen-bond donors (Lipinski definition) is 2. The number of rotatable bonds is 7. The van der Waals surface area contributed by atoms with Gasteiger partial charge in [-0.1, -0.05) is 32.0 Å². The highest BCUT2D eigenvalue weighted by atomic mass is 16.2. The van der Waals surface area contributed by atoms with Crippen molar-refractivity contribution in [2.45, 2.75) is 26.7 Å². The first-order valence-corrected chi connectivity index (χ1v) is 9.33. The molecule has 1 aliphatic rings. The molecule has 0 bridgehead atoms. The largest absolute Gasteiger partial charge is 0.360 e. The van der Waals surface area contributed by atoms with Crippen LogP contribution in [0.25, 0.3) is 0 Å². The standard InChI is InChI=1S/C20H29N5O/c1-3-16-6-5-7-17(4-2)19(16)23-15-18(14-22)20(26)25-12-10-24(9-8-21)11-13-25/h5-7,15,23H,3-4,8-13,21H2,1-2H3/b18-15-. The number of amides is 1. The van der Waals surface area contributed by atoms with Gasteiger partial charge in [0.2, 0.25) is 0 Å². The summed E-state index contributed by atoms with van der Waals surface area (Å²) in [6.07, 6.45) is 3.34.